The van der Waals surface area contributed by atoms with E-state index >= 15 is 0 Å². The molecule has 4 heteroatoms. The molecule has 1 heterocycles. The van der Waals surface area contributed by atoms with Gasteiger partial charge in [-0.1, -0.05) is 20.3 Å². The summed E-state index contributed by atoms with van der Waals surface area (Å²) in [5.74, 6) is 0.491. The summed E-state index contributed by atoms with van der Waals surface area (Å²) < 4.78 is 0. The smallest absolute Gasteiger partial charge is 0.222 e. The predicted octanol–water partition coefficient (Wildman–Crippen LogP) is 1.94. The number of hydrogen-bond donors (Lipinski definition) is 1. The highest BCUT2D eigenvalue weighted by Crippen LogP contribution is 2.11. The molecule has 18 heavy (non-hydrogen) atoms. The molecule has 0 unspecified atom stereocenters. The summed E-state index contributed by atoms with van der Waals surface area (Å²) in [6, 6.07) is 0. The molecule has 1 rings (SSSR count). The summed E-state index contributed by atoms with van der Waals surface area (Å²) in [7, 11) is 0. The molecule has 0 aromatic heterocycles. The van der Waals surface area contributed by atoms with Crippen LogP contribution in [0.25, 0.3) is 0 Å². The third-order valence-corrected chi connectivity index (χ3v) is 3.64. The molecule has 0 aromatic carbocycles. The first-order valence-electron chi connectivity index (χ1n) is 7.20. The molecule has 2 amide bonds. The molecule has 1 saturated heterocycles. The quantitative estimate of drug-likeness (QED) is 0.736. The topological polar surface area (TPSA) is 49.4 Å². The lowest BCUT2D eigenvalue weighted by molar-refractivity contribution is -0.130. The lowest BCUT2D eigenvalue weighted by atomic mass is 10.1. The average Bonchev–Trinajstić information content (AvgIpc) is 2.58. The number of hydrogen-bond acceptors (Lipinski definition) is 2. The van der Waals surface area contributed by atoms with Gasteiger partial charge >= 0.3 is 0 Å². The van der Waals surface area contributed by atoms with E-state index in [-0.39, 0.29) is 17.7 Å². The molecule has 1 N–H and O–H groups in total. The van der Waals surface area contributed by atoms with Gasteiger partial charge in [-0.15, -0.1) is 0 Å². The Kier molecular flexibility index (Phi) is 6.76. The number of likely N-dealkylation sites (tertiary alicyclic amines) is 1. The van der Waals surface area contributed by atoms with Crippen LogP contribution in [0.3, 0.4) is 0 Å². The molecule has 0 aromatic rings. The highest BCUT2D eigenvalue weighted by molar-refractivity contribution is 5.78. The van der Waals surface area contributed by atoms with Crippen molar-refractivity contribution in [2.24, 2.45) is 5.92 Å². The second-order valence-electron chi connectivity index (χ2n) is 5.15. The Balaban J connectivity index is 2.16. The zero-order valence-electron chi connectivity index (χ0n) is 11.7. The van der Waals surface area contributed by atoms with Crippen LogP contribution >= 0.6 is 0 Å². The van der Waals surface area contributed by atoms with Crippen molar-refractivity contribution in [1.82, 2.24) is 10.2 Å². The normalized spacial score (nSPS) is 18.3. The molecule has 0 bridgehead atoms. The van der Waals surface area contributed by atoms with Gasteiger partial charge in [-0.3, -0.25) is 9.59 Å². The molecule has 0 aliphatic carbocycles. The number of amides is 2. The van der Waals surface area contributed by atoms with E-state index in [4.69, 9.17) is 0 Å². The Morgan fingerprint density at radius 1 is 1.39 bits per heavy atom. The molecule has 0 radical (unpaired) electrons. The zero-order chi connectivity index (χ0) is 13.4. The van der Waals surface area contributed by atoms with E-state index in [2.05, 4.69) is 5.32 Å². The van der Waals surface area contributed by atoms with E-state index < -0.39 is 0 Å². The van der Waals surface area contributed by atoms with E-state index in [0.29, 0.717) is 13.0 Å². The standard InChI is InChI=1S/C14H26N2O2/c1-3-12(2)14(18)15-9-7-11-16-10-6-4-5-8-13(16)17/h12H,3-11H2,1-2H3,(H,15,18)/t12-/m0/s1. The monoisotopic (exact) mass is 254 g/mol. The van der Waals surface area contributed by atoms with Gasteiger partial charge in [0.2, 0.25) is 11.8 Å². The van der Waals surface area contributed by atoms with Crippen LogP contribution in [0.15, 0.2) is 0 Å². The third-order valence-electron chi connectivity index (χ3n) is 3.64. The average molecular weight is 254 g/mol. The molecule has 1 atom stereocenters. The van der Waals surface area contributed by atoms with Crippen LogP contribution in [0.5, 0.6) is 0 Å². The Morgan fingerprint density at radius 2 is 2.17 bits per heavy atom. The van der Waals surface area contributed by atoms with Gasteiger partial charge in [-0.2, -0.15) is 0 Å². The van der Waals surface area contributed by atoms with Gasteiger partial charge in [-0.05, 0) is 25.7 Å². The summed E-state index contributed by atoms with van der Waals surface area (Å²) in [4.78, 5) is 25.2. The van der Waals surface area contributed by atoms with Gasteiger partial charge in [0.25, 0.3) is 0 Å². The number of carbonyl (C=O) groups is 2. The maximum Gasteiger partial charge on any atom is 0.222 e. The number of carbonyl (C=O) groups excluding carboxylic acids is 2. The van der Waals surface area contributed by atoms with Gasteiger partial charge < -0.3 is 10.2 Å². The Bertz CT molecular complexity index is 279. The van der Waals surface area contributed by atoms with E-state index in [0.717, 1.165) is 45.2 Å². The highest BCUT2D eigenvalue weighted by atomic mass is 16.2. The largest absolute Gasteiger partial charge is 0.356 e. The molecule has 0 spiro atoms. The summed E-state index contributed by atoms with van der Waals surface area (Å²) >= 11 is 0. The van der Waals surface area contributed by atoms with Crippen molar-refractivity contribution >= 4 is 11.8 Å². The molecule has 1 aliphatic heterocycles. The molecule has 4 nitrogen and oxygen atoms in total. The lowest BCUT2D eigenvalue weighted by Crippen LogP contribution is -2.35. The SMILES string of the molecule is CC[C@H](C)C(=O)NCCCN1CCCCCC1=O. The molecule has 0 saturated carbocycles. The van der Waals surface area contributed by atoms with Crippen LogP contribution in [-0.2, 0) is 9.59 Å². The first-order valence-corrected chi connectivity index (χ1v) is 7.20. The number of rotatable bonds is 6. The first kappa shape index (κ1) is 15.0. The Morgan fingerprint density at radius 3 is 2.89 bits per heavy atom. The summed E-state index contributed by atoms with van der Waals surface area (Å²) in [6.07, 6.45) is 5.72. The first-order chi connectivity index (χ1) is 8.65. The van der Waals surface area contributed by atoms with Gasteiger partial charge in [0.05, 0.1) is 0 Å². The highest BCUT2D eigenvalue weighted by Gasteiger charge is 2.16. The van der Waals surface area contributed by atoms with Crippen LogP contribution in [0.4, 0.5) is 0 Å². The van der Waals surface area contributed by atoms with Crippen molar-refractivity contribution in [3.05, 3.63) is 0 Å². The number of nitrogens with zero attached hydrogens (tertiary/aromatic N) is 1. The summed E-state index contributed by atoms with van der Waals surface area (Å²) in [5.41, 5.74) is 0. The van der Waals surface area contributed by atoms with E-state index in [1.165, 1.54) is 0 Å². The van der Waals surface area contributed by atoms with Crippen LogP contribution in [-0.4, -0.2) is 36.3 Å². The second-order valence-corrected chi connectivity index (χ2v) is 5.15. The molecule has 1 aliphatic rings. The van der Waals surface area contributed by atoms with Gasteiger partial charge in [-0.25, -0.2) is 0 Å². The fraction of sp³-hybridized carbons (Fsp3) is 0.857. The Labute approximate surface area is 110 Å². The maximum atomic E-state index is 11.7. The van der Waals surface area contributed by atoms with E-state index in [1.807, 2.05) is 18.7 Å². The summed E-state index contributed by atoms with van der Waals surface area (Å²) in [6.45, 7) is 6.29. The van der Waals surface area contributed by atoms with Crippen LogP contribution < -0.4 is 5.32 Å². The van der Waals surface area contributed by atoms with Crippen molar-refractivity contribution in [2.75, 3.05) is 19.6 Å². The third kappa shape index (κ3) is 5.07. The van der Waals surface area contributed by atoms with Crippen molar-refractivity contribution in [1.29, 1.82) is 0 Å². The van der Waals surface area contributed by atoms with Gasteiger partial charge in [0, 0.05) is 32.0 Å². The Hall–Kier alpha value is -1.06. The fourth-order valence-corrected chi connectivity index (χ4v) is 2.12. The lowest BCUT2D eigenvalue weighted by Gasteiger charge is -2.20. The van der Waals surface area contributed by atoms with Crippen LogP contribution in [0.2, 0.25) is 0 Å². The molecular weight excluding hydrogens is 228 g/mol. The van der Waals surface area contributed by atoms with Crippen LogP contribution in [0.1, 0.15) is 52.4 Å². The number of nitrogens with one attached hydrogen (secondary N) is 1. The zero-order valence-corrected chi connectivity index (χ0v) is 11.7. The van der Waals surface area contributed by atoms with Gasteiger partial charge in [0.15, 0.2) is 0 Å². The van der Waals surface area contributed by atoms with Crippen molar-refractivity contribution in [2.45, 2.75) is 52.4 Å². The van der Waals surface area contributed by atoms with E-state index in [9.17, 15) is 9.59 Å². The maximum absolute atomic E-state index is 11.7. The van der Waals surface area contributed by atoms with Crippen molar-refractivity contribution in [3.8, 4) is 0 Å². The predicted molar refractivity (Wildman–Crippen MR) is 72.1 cm³/mol. The van der Waals surface area contributed by atoms with Crippen molar-refractivity contribution < 1.29 is 9.59 Å². The van der Waals surface area contributed by atoms with Gasteiger partial charge in [0.1, 0.15) is 0 Å². The minimum absolute atomic E-state index is 0.0878. The minimum atomic E-state index is 0.0878. The van der Waals surface area contributed by atoms with E-state index in [1.54, 1.807) is 0 Å². The molecule has 1 fully saturated rings. The molecular formula is C14H26N2O2. The van der Waals surface area contributed by atoms with Crippen molar-refractivity contribution in [3.63, 3.8) is 0 Å². The minimum Gasteiger partial charge on any atom is -0.356 e. The second kappa shape index (κ2) is 8.11. The summed E-state index contributed by atoms with van der Waals surface area (Å²) in [5, 5.41) is 2.93. The molecule has 104 valence electrons. The fourth-order valence-electron chi connectivity index (χ4n) is 2.12. The van der Waals surface area contributed by atoms with Crippen LogP contribution in [0, 0.1) is 5.92 Å².